The van der Waals surface area contributed by atoms with E-state index < -0.39 is 0 Å². The van der Waals surface area contributed by atoms with E-state index in [1.165, 1.54) is 10.9 Å². The molecule has 0 aliphatic carbocycles. The summed E-state index contributed by atoms with van der Waals surface area (Å²) in [4.78, 5) is 12.5. The highest BCUT2D eigenvalue weighted by atomic mass is 16.5. The summed E-state index contributed by atoms with van der Waals surface area (Å²) < 4.78 is 13.3. The first-order valence-corrected chi connectivity index (χ1v) is 8.45. The molecule has 1 aromatic heterocycles. The van der Waals surface area contributed by atoms with Crippen LogP contribution in [0.5, 0.6) is 11.5 Å². The number of ether oxygens (including phenoxy) is 2. The van der Waals surface area contributed by atoms with Gasteiger partial charge in [0.15, 0.2) is 11.5 Å². The Morgan fingerprint density at radius 1 is 1.12 bits per heavy atom. The molecule has 1 aliphatic heterocycles. The van der Waals surface area contributed by atoms with Gasteiger partial charge in [0.05, 0.1) is 13.2 Å². The van der Waals surface area contributed by atoms with Crippen LogP contribution >= 0.6 is 0 Å². The summed E-state index contributed by atoms with van der Waals surface area (Å²) in [5.41, 5.74) is 2.94. The number of hydrogen-bond acceptors (Lipinski definition) is 3. The molecule has 2 aromatic carbocycles. The van der Waals surface area contributed by atoms with E-state index in [4.69, 9.17) is 9.47 Å². The van der Waals surface area contributed by atoms with E-state index in [-0.39, 0.29) is 12.5 Å². The third-order valence-corrected chi connectivity index (χ3v) is 4.33. The molecule has 0 atom stereocenters. The van der Waals surface area contributed by atoms with Gasteiger partial charge in [-0.25, -0.2) is 0 Å². The SMILES string of the molecule is Cc1cn(CC(=O)Nc2ccc3c(c2)OCCCO3)c2ccccc12. The molecule has 1 aliphatic rings. The summed E-state index contributed by atoms with van der Waals surface area (Å²) in [6.45, 7) is 3.60. The Morgan fingerprint density at radius 3 is 2.80 bits per heavy atom. The lowest BCUT2D eigenvalue weighted by Crippen LogP contribution is -2.18. The summed E-state index contributed by atoms with van der Waals surface area (Å²) in [5.74, 6) is 1.33. The molecule has 0 fully saturated rings. The smallest absolute Gasteiger partial charge is 0.244 e. The van der Waals surface area contributed by atoms with E-state index in [1.807, 2.05) is 47.2 Å². The molecule has 5 heteroatoms. The maximum absolute atomic E-state index is 12.5. The van der Waals surface area contributed by atoms with Gasteiger partial charge in [-0.2, -0.15) is 0 Å². The number of nitrogens with zero attached hydrogens (tertiary/aromatic N) is 1. The van der Waals surface area contributed by atoms with Gasteiger partial charge < -0.3 is 19.4 Å². The first kappa shape index (κ1) is 15.6. The van der Waals surface area contributed by atoms with Crippen LogP contribution in [0.2, 0.25) is 0 Å². The van der Waals surface area contributed by atoms with Gasteiger partial charge in [-0.05, 0) is 30.7 Å². The largest absolute Gasteiger partial charge is 0.490 e. The van der Waals surface area contributed by atoms with Crippen LogP contribution in [0.1, 0.15) is 12.0 Å². The lowest BCUT2D eigenvalue weighted by molar-refractivity contribution is -0.116. The van der Waals surface area contributed by atoms with E-state index in [1.54, 1.807) is 0 Å². The predicted octanol–water partition coefficient (Wildman–Crippen LogP) is 3.75. The zero-order valence-corrected chi connectivity index (χ0v) is 14.1. The Hall–Kier alpha value is -2.95. The molecule has 0 saturated carbocycles. The normalized spacial score (nSPS) is 13.5. The maximum atomic E-state index is 12.5. The van der Waals surface area contributed by atoms with Gasteiger partial charge in [-0.15, -0.1) is 0 Å². The second-order valence-corrected chi connectivity index (χ2v) is 6.22. The van der Waals surface area contributed by atoms with Gasteiger partial charge >= 0.3 is 0 Å². The van der Waals surface area contributed by atoms with E-state index >= 15 is 0 Å². The second-order valence-electron chi connectivity index (χ2n) is 6.22. The molecular formula is C20H20N2O3. The lowest BCUT2D eigenvalue weighted by atomic mass is 10.2. The number of carbonyl (C=O) groups is 1. The molecule has 5 nitrogen and oxygen atoms in total. The van der Waals surface area contributed by atoms with Crippen LogP contribution in [0, 0.1) is 6.92 Å². The molecule has 2 heterocycles. The first-order chi connectivity index (χ1) is 12.2. The third-order valence-electron chi connectivity index (χ3n) is 4.33. The fourth-order valence-electron chi connectivity index (χ4n) is 3.16. The number of nitrogens with one attached hydrogen (secondary N) is 1. The number of aromatic nitrogens is 1. The third kappa shape index (κ3) is 3.18. The average Bonchev–Trinajstić information content (AvgIpc) is 2.79. The van der Waals surface area contributed by atoms with Crippen LogP contribution in [-0.2, 0) is 11.3 Å². The number of para-hydroxylation sites is 1. The Labute approximate surface area is 146 Å². The minimum Gasteiger partial charge on any atom is -0.490 e. The Bertz CT molecular complexity index is 930. The molecule has 4 rings (SSSR count). The van der Waals surface area contributed by atoms with Gasteiger partial charge in [0.25, 0.3) is 0 Å². The topological polar surface area (TPSA) is 52.5 Å². The molecule has 0 radical (unpaired) electrons. The standard InChI is InChI=1S/C20H20N2O3/c1-14-12-22(17-6-3-2-5-16(14)17)13-20(23)21-15-7-8-18-19(11-15)25-10-4-9-24-18/h2-3,5-8,11-12H,4,9-10,13H2,1H3,(H,21,23). The lowest BCUT2D eigenvalue weighted by Gasteiger charge is -2.11. The van der Waals surface area contributed by atoms with Crippen molar-refractivity contribution in [3.8, 4) is 11.5 Å². The van der Waals surface area contributed by atoms with E-state index in [0.717, 1.165) is 17.7 Å². The number of aryl methyl sites for hydroxylation is 1. The minimum absolute atomic E-state index is 0.0738. The number of benzene rings is 2. The summed E-state index contributed by atoms with van der Waals surface area (Å²) in [6, 6.07) is 13.6. The van der Waals surface area contributed by atoms with Crippen LogP contribution in [0.15, 0.2) is 48.7 Å². The van der Waals surface area contributed by atoms with E-state index in [9.17, 15) is 4.79 Å². The summed E-state index contributed by atoms with van der Waals surface area (Å²) in [7, 11) is 0. The number of amides is 1. The Balaban J connectivity index is 1.51. The summed E-state index contributed by atoms with van der Waals surface area (Å²) in [6.07, 6.45) is 2.87. The van der Waals surface area contributed by atoms with Crippen molar-refractivity contribution < 1.29 is 14.3 Å². The molecule has 3 aromatic rings. The highest BCUT2D eigenvalue weighted by Gasteiger charge is 2.13. The number of carbonyl (C=O) groups excluding carboxylic acids is 1. The zero-order valence-electron chi connectivity index (χ0n) is 14.1. The zero-order chi connectivity index (χ0) is 17.2. The van der Waals surface area contributed by atoms with Crippen LogP contribution in [-0.4, -0.2) is 23.7 Å². The molecule has 0 unspecified atom stereocenters. The van der Waals surface area contributed by atoms with Crippen molar-refractivity contribution in [3.05, 3.63) is 54.2 Å². The first-order valence-electron chi connectivity index (χ1n) is 8.45. The fourth-order valence-corrected chi connectivity index (χ4v) is 3.16. The molecule has 25 heavy (non-hydrogen) atoms. The summed E-state index contributed by atoms with van der Waals surface area (Å²) >= 11 is 0. The van der Waals surface area contributed by atoms with E-state index in [2.05, 4.69) is 18.3 Å². The number of rotatable bonds is 3. The molecule has 0 saturated heterocycles. The number of hydrogen-bond donors (Lipinski definition) is 1. The van der Waals surface area contributed by atoms with Crippen LogP contribution < -0.4 is 14.8 Å². The van der Waals surface area contributed by atoms with Crippen molar-refractivity contribution in [1.29, 1.82) is 0 Å². The van der Waals surface area contributed by atoms with Crippen LogP contribution in [0.25, 0.3) is 10.9 Å². The minimum atomic E-state index is -0.0738. The van der Waals surface area contributed by atoms with Crippen molar-refractivity contribution in [1.82, 2.24) is 4.57 Å². The average molecular weight is 336 g/mol. The molecule has 128 valence electrons. The van der Waals surface area contributed by atoms with Crippen molar-refractivity contribution in [2.75, 3.05) is 18.5 Å². The molecular weight excluding hydrogens is 316 g/mol. The second kappa shape index (κ2) is 6.51. The summed E-state index contributed by atoms with van der Waals surface area (Å²) in [5, 5.41) is 4.11. The maximum Gasteiger partial charge on any atom is 0.244 e. The van der Waals surface area contributed by atoms with Crippen molar-refractivity contribution in [3.63, 3.8) is 0 Å². The quantitative estimate of drug-likeness (QED) is 0.792. The van der Waals surface area contributed by atoms with Crippen molar-refractivity contribution in [2.24, 2.45) is 0 Å². The molecule has 0 spiro atoms. The highest BCUT2D eigenvalue weighted by molar-refractivity contribution is 5.92. The number of anilines is 1. The van der Waals surface area contributed by atoms with E-state index in [0.29, 0.717) is 24.7 Å². The molecule has 0 bridgehead atoms. The Kier molecular flexibility index (Phi) is 4.06. The van der Waals surface area contributed by atoms with Gasteiger partial charge in [0.2, 0.25) is 5.91 Å². The van der Waals surface area contributed by atoms with Gasteiger partial charge in [0.1, 0.15) is 6.54 Å². The Morgan fingerprint density at radius 2 is 1.92 bits per heavy atom. The highest BCUT2D eigenvalue weighted by Crippen LogP contribution is 2.32. The van der Waals surface area contributed by atoms with Gasteiger partial charge in [-0.1, -0.05) is 18.2 Å². The molecule has 1 amide bonds. The van der Waals surface area contributed by atoms with Crippen molar-refractivity contribution >= 4 is 22.5 Å². The van der Waals surface area contributed by atoms with Crippen LogP contribution in [0.4, 0.5) is 5.69 Å². The number of fused-ring (bicyclic) bond motifs is 2. The monoisotopic (exact) mass is 336 g/mol. The van der Waals surface area contributed by atoms with Gasteiger partial charge in [0, 0.05) is 35.3 Å². The molecule has 1 N–H and O–H groups in total. The van der Waals surface area contributed by atoms with Gasteiger partial charge in [-0.3, -0.25) is 4.79 Å². The van der Waals surface area contributed by atoms with Crippen molar-refractivity contribution in [2.45, 2.75) is 19.9 Å². The fraction of sp³-hybridized carbons (Fsp3) is 0.250. The van der Waals surface area contributed by atoms with Crippen LogP contribution in [0.3, 0.4) is 0 Å². The predicted molar refractivity (Wildman–Crippen MR) is 97.4 cm³/mol.